The zero-order chi connectivity index (χ0) is 17.7. The number of halogens is 1. The highest BCUT2D eigenvalue weighted by molar-refractivity contribution is 5.98. The van der Waals surface area contributed by atoms with Gasteiger partial charge in [-0.3, -0.25) is 4.79 Å². The Kier molecular flexibility index (Phi) is 7.79. The van der Waals surface area contributed by atoms with E-state index < -0.39 is 5.41 Å². The molecule has 25 heavy (non-hydrogen) atoms. The van der Waals surface area contributed by atoms with Crippen LogP contribution in [-0.4, -0.2) is 54.0 Å². The number of anilines is 1. The number of rotatable bonds is 6. The summed E-state index contributed by atoms with van der Waals surface area (Å²) in [5, 5.41) is 0. The number of benzene rings is 1. The number of hydrogen-bond acceptors (Lipinski definition) is 6. The molecule has 0 saturated carbocycles. The zero-order valence-corrected chi connectivity index (χ0v) is 16.0. The summed E-state index contributed by atoms with van der Waals surface area (Å²) in [6.07, 6.45) is 1.24. The van der Waals surface area contributed by atoms with Crippen molar-refractivity contribution >= 4 is 24.0 Å². The third-order valence-electron chi connectivity index (χ3n) is 4.64. The Morgan fingerprint density at radius 2 is 1.68 bits per heavy atom. The van der Waals surface area contributed by atoms with Crippen molar-refractivity contribution in [2.75, 3.05) is 53.0 Å². The molecule has 1 aliphatic rings. The first kappa shape index (κ1) is 21.3. The van der Waals surface area contributed by atoms with E-state index in [-0.39, 0.29) is 18.3 Å². The van der Waals surface area contributed by atoms with E-state index in [0.29, 0.717) is 55.5 Å². The average Bonchev–Trinajstić information content (AvgIpc) is 2.65. The zero-order valence-electron chi connectivity index (χ0n) is 15.2. The first-order valence-electron chi connectivity index (χ1n) is 7.89. The molecule has 1 saturated heterocycles. The summed E-state index contributed by atoms with van der Waals surface area (Å²) in [6.45, 7) is 1.39. The van der Waals surface area contributed by atoms with Gasteiger partial charge >= 0.3 is 0 Å². The van der Waals surface area contributed by atoms with Crippen molar-refractivity contribution < 1.29 is 23.7 Å². The predicted molar refractivity (Wildman–Crippen MR) is 98.3 cm³/mol. The van der Waals surface area contributed by atoms with Crippen molar-refractivity contribution in [3.05, 3.63) is 12.1 Å². The van der Waals surface area contributed by atoms with Crippen LogP contribution in [0, 0.1) is 5.41 Å². The molecule has 0 radical (unpaired) electrons. The minimum absolute atomic E-state index is 0. The number of carbonyl (C=O) groups is 1. The molecular formula is C17H27ClN2O5. The number of nitrogens with zero attached hydrogens (tertiary/aromatic N) is 1. The summed E-state index contributed by atoms with van der Waals surface area (Å²) in [6, 6.07) is 3.51. The Morgan fingerprint density at radius 3 is 2.08 bits per heavy atom. The topological polar surface area (TPSA) is 83.3 Å². The number of amides is 1. The summed E-state index contributed by atoms with van der Waals surface area (Å²) in [5.41, 5.74) is 6.01. The lowest BCUT2D eigenvalue weighted by atomic mass is 9.79. The maximum atomic E-state index is 13.1. The highest BCUT2D eigenvalue weighted by Crippen LogP contribution is 2.42. The molecule has 0 atom stereocenters. The molecule has 1 heterocycles. The molecule has 2 rings (SSSR count). The molecule has 7 nitrogen and oxygen atoms in total. The van der Waals surface area contributed by atoms with Crippen molar-refractivity contribution in [1.82, 2.24) is 0 Å². The highest BCUT2D eigenvalue weighted by Gasteiger charge is 2.41. The smallest absolute Gasteiger partial charge is 0.234 e. The summed E-state index contributed by atoms with van der Waals surface area (Å²) >= 11 is 0. The number of methoxy groups -OCH3 is 3. The van der Waals surface area contributed by atoms with Crippen LogP contribution >= 0.6 is 12.4 Å². The first-order chi connectivity index (χ1) is 11.5. The van der Waals surface area contributed by atoms with Gasteiger partial charge in [-0.05, 0) is 12.8 Å². The molecule has 1 amide bonds. The molecule has 0 aromatic heterocycles. The molecular weight excluding hydrogens is 348 g/mol. The highest BCUT2D eigenvalue weighted by atomic mass is 35.5. The van der Waals surface area contributed by atoms with Gasteiger partial charge in [0.15, 0.2) is 11.5 Å². The van der Waals surface area contributed by atoms with E-state index in [1.807, 2.05) is 0 Å². The Bertz CT molecular complexity index is 565. The van der Waals surface area contributed by atoms with Crippen LogP contribution in [0.2, 0.25) is 0 Å². The van der Waals surface area contributed by atoms with Crippen LogP contribution in [0.5, 0.6) is 17.2 Å². The van der Waals surface area contributed by atoms with Crippen molar-refractivity contribution in [2.24, 2.45) is 11.1 Å². The van der Waals surface area contributed by atoms with E-state index in [1.165, 1.54) is 0 Å². The van der Waals surface area contributed by atoms with Crippen LogP contribution in [0.3, 0.4) is 0 Å². The van der Waals surface area contributed by atoms with Crippen molar-refractivity contribution in [3.8, 4) is 17.2 Å². The van der Waals surface area contributed by atoms with Gasteiger partial charge in [0.25, 0.3) is 0 Å². The fraction of sp³-hybridized carbons (Fsp3) is 0.588. The molecule has 8 heteroatoms. The van der Waals surface area contributed by atoms with Gasteiger partial charge in [-0.25, -0.2) is 0 Å². The number of hydrogen-bond donors (Lipinski definition) is 1. The fourth-order valence-corrected chi connectivity index (χ4v) is 3.00. The summed E-state index contributed by atoms with van der Waals surface area (Å²) in [5.74, 6) is 1.47. The minimum atomic E-state index is -0.590. The molecule has 1 fully saturated rings. The van der Waals surface area contributed by atoms with Gasteiger partial charge in [0.05, 0.1) is 32.4 Å². The second-order valence-electron chi connectivity index (χ2n) is 5.84. The maximum Gasteiger partial charge on any atom is 0.234 e. The molecule has 142 valence electrons. The number of carbonyl (C=O) groups excluding carboxylic acids is 1. The van der Waals surface area contributed by atoms with Crippen molar-refractivity contribution in [2.45, 2.75) is 12.8 Å². The van der Waals surface area contributed by atoms with Crippen LogP contribution in [0.4, 0.5) is 5.69 Å². The second-order valence-corrected chi connectivity index (χ2v) is 5.84. The van der Waals surface area contributed by atoms with Gasteiger partial charge < -0.3 is 29.6 Å². The molecule has 0 unspecified atom stereocenters. The quantitative estimate of drug-likeness (QED) is 0.818. The van der Waals surface area contributed by atoms with Crippen LogP contribution < -0.4 is 24.8 Å². The van der Waals surface area contributed by atoms with E-state index in [4.69, 9.17) is 24.7 Å². The van der Waals surface area contributed by atoms with Gasteiger partial charge in [0.2, 0.25) is 11.7 Å². The second kappa shape index (κ2) is 9.12. The maximum absolute atomic E-state index is 13.1. The summed E-state index contributed by atoms with van der Waals surface area (Å²) in [7, 11) is 6.36. The molecule has 0 bridgehead atoms. The third kappa shape index (κ3) is 4.11. The van der Waals surface area contributed by atoms with E-state index in [2.05, 4.69) is 0 Å². The Balaban J connectivity index is 0.00000312. The largest absolute Gasteiger partial charge is 0.493 e. The Morgan fingerprint density at radius 1 is 1.16 bits per heavy atom. The Hall–Kier alpha value is -1.70. The van der Waals surface area contributed by atoms with Crippen LogP contribution in [0.15, 0.2) is 12.1 Å². The van der Waals surface area contributed by atoms with Crippen LogP contribution in [0.1, 0.15) is 12.8 Å². The summed E-state index contributed by atoms with van der Waals surface area (Å²) < 4.78 is 21.4. The molecule has 0 aliphatic carbocycles. The van der Waals surface area contributed by atoms with Crippen LogP contribution in [-0.2, 0) is 9.53 Å². The van der Waals surface area contributed by atoms with Crippen LogP contribution in [0.25, 0.3) is 0 Å². The van der Waals surface area contributed by atoms with E-state index in [1.54, 1.807) is 45.4 Å². The van der Waals surface area contributed by atoms with Gasteiger partial charge in [0, 0.05) is 38.9 Å². The molecule has 1 aromatic rings. The Labute approximate surface area is 154 Å². The van der Waals surface area contributed by atoms with Crippen molar-refractivity contribution in [1.29, 1.82) is 0 Å². The van der Waals surface area contributed by atoms with E-state index in [0.717, 1.165) is 0 Å². The van der Waals surface area contributed by atoms with Gasteiger partial charge in [0.1, 0.15) is 0 Å². The van der Waals surface area contributed by atoms with E-state index >= 15 is 0 Å². The first-order valence-corrected chi connectivity index (χ1v) is 7.89. The van der Waals surface area contributed by atoms with Crippen molar-refractivity contribution in [3.63, 3.8) is 0 Å². The predicted octanol–water partition coefficient (Wildman–Crippen LogP) is 1.85. The summed E-state index contributed by atoms with van der Waals surface area (Å²) in [4.78, 5) is 14.7. The number of nitrogens with two attached hydrogens (primary N) is 1. The molecule has 1 aromatic carbocycles. The SMILES string of the molecule is COc1cc(N(C)C(=O)C2(CN)CCOCC2)cc(OC)c1OC.Cl. The van der Waals surface area contributed by atoms with Gasteiger partial charge in [-0.1, -0.05) is 0 Å². The fourth-order valence-electron chi connectivity index (χ4n) is 3.00. The van der Waals surface area contributed by atoms with E-state index in [9.17, 15) is 4.79 Å². The standard InChI is InChI=1S/C17H26N2O5.ClH/c1-19(16(20)17(11-18)5-7-24-8-6-17)12-9-13(21-2)15(23-4)14(10-12)22-3;/h9-10H,5-8,11,18H2,1-4H3;1H. The lowest BCUT2D eigenvalue weighted by Crippen LogP contribution is -2.49. The molecule has 2 N–H and O–H groups in total. The lowest BCUT2D eigenvalue weighted by Gasteiger charge is -2.37. The molecule has 1 aliphatic heterocycles. The third-order valence-corrected chi connectivity index (χ3v) is 4.64. The number of ether oxygens (including phenoxy) is 4. The monoisotopic (exact) mass is 374 g/mol. The van der Waals surface area contributed by atoms with Gasteiger partial charge in [-0.2, -0.15) is 0 Å². The average molecular weight is 375 g/mol. The molecule has 0 spiro atoms. The minimum Gasteiger partial charge on any atom is -0.493 e. The lowest BCUT2D eigenvalue weighted by molar-refractivity contribution is -0.132. The van der Waals surface area contributed by atoms with Gasteiger partial charge in [-0.15, -0.1) is 12.4 Å². The normalized spacial score (nSPS) is 15.7.